The summed E-state index contributed by atoms with van der Waals surface area (Å²) in [6, 6.07) is 17.8. The summed E-state index contributed by atoms with van der Waals surface area (Å²) in [5, 5.41) is 0. The molecule has 0 bridgehead atoms. The number of aryl methyl sites for hydroxylation is 1. The average Bonchev–Trinajstić information content (AvgIpc) is 2.90. The second-order valence-electron chi connectivity index (χ2n) is 7.78. The first-order valence-corrected chi connectivity index (χ1v) is 11.0. The van der Waals surface area contributed by atoms with Crippen LogP contribution in [0.5, 0.6) is 11.5 Å². The van der Waals surface area contributed by atoms with E-state index in [0.717, 1.165) is 15.7 Å². The van der Waals surface area contributed by atoms with Crippen molar-refractivity contribution >= 4 is 17.0 Å². The summed E-state index contributed by atoms with van der Waals surface area (Å²) in [5.41, 5.74) is 0.952. The summed E-state index contributed by atoms with van der Waals surface area (Å²) in [4.78, 5) is 43.1. The van der Waals surface area contributed by atoms with Crippen LogP contribution in [0.15, 0.2) is 76.4 Å². The number of pyridine rings is 1. The van der Waals surface area contributed by atoms with Crippen LogP contribution in [0.3, 0.4) is 0 Å². The molecule has 0 saturated carbocycles. The third-order valence-electron chi connectivity index (χ3n) is 5.59. The smallest absolute Gasteiger partial charge is 0.332 e. The molecule has 0 saturated heterocycles. The quantitative estimate of drug-likeness (QED) is 0.343. The molecule has 0 aliphatic heterocycles. The van der Waals surface area contributed by atoms with E-state index in [2.05, 4.69) is 4.98 Å². The number of esters is 1. The minimum Gasteiger partial charge on any atom is -0.493 e. The predicted molar refractivity (Wildman–Crippen MR) is 130 cm³/mol. The topological polar surface area (TPSA) is 102 Å². The van der Waals surface area contributed by atoms with Gasteiger partial charge in [-0.25, -0.2) is 9.78 Å². The van der Waals surface area contributed by atoms with E-state index in [4.69, 9.17) is 14.2 Å². The van der Waals surface area contributed by atoms with Gasteiger partial charge in [-0.3, -0.25) is 18.7 Å². The monoisotopic (exact) mass is 475 g/mol. The minimum absolute atomic E-state index is 0.0869. The molecular weight excluding hydrogens is 450 g/mol. The lowest BCUT2D eigenvalue weighted by Crippen LogP contribution is -2.42. The third kappa shape index (κ3) is 5.24. The van der Waals surface area contributed by atoms with Crippen LogP contribution >= 0.6 is 0 Å². The summed E-state index contributed by atoms with van der Waals surface area (Å²) in [7, 11) is 3.09. The number of carbonyl (C=O) groups is 1. The number of fused-ring (bicyclic) bond motifs is 1. The van der Waals surface area contributed by atoms with Crippen LogP contribution in [-0.4, -0.2) is 34.3 Å². The number of nitrogens with zero attached hydrogens (tertiary/aromatic N) is 3. The van der Waals surface area contributed by atoms with Crippen LogP contribution in [0, 0.1) is 0 Å². The Morgan fingerprint density at radius 2 is 1.66 bits per heavy atom. The molecule has 0 N–H and O–H groups in total. The largest absolute Gasteiger partial charge is 0.493 e. The van der Waals surface area contributed by atoms with Crippen LogP contribution in [0.2, 0.25) is 0 Å². The second-order valence-corrected chi connectivity index (χ2v) is 7.78. The van der Waals surface area contributed by atoms with Crippen molar-refractivity contribution in [1.82, 2.24) is 14.1 Å². The number of aromatic nitrogens is 3. The van der Waals surface area contributed by atoms with Gasteiger partial charge in [-0.2, -0.15) is 0 Å². The van der Waals surface area contributed by atoms with E-state index >= 15 is 0 Å². The van der Waals surface area contributed by atoms with Gasteiger partial charge >= 0.3 is 11.7 Å². The standard InChI is InChI=1S/C26H25N3O6/c1-33-21-11-10-18(15-22(21)34-2)12-14-28-25(31)24-20(9-6-13-27-24)29(26(28)32)16-23(30)35-17-19-7-4-3-5-8-19/h3-11,13,15H,12,14,16-17H2,1-2H3. The molecule has 0 fully saturated rings. The molecule has 0 aliphatic carbocycles. The number of methoxy groups -OCH3 is 2. The Morgan fingerprint density at radius 1 is 0.886 bits per heavy atom. The van der Waals surface area contributed by atoms with Crippen molar-refractivity contribution in [1.29, 1.82) is 0 Å². The van der Waals surface area contributed by atoms with Crippen molar-refractivity contribution in [2.75, 3.05) is 14.2 Å². The van der Waals surface area contributed by atoms with Gasteiger partial charge in [0.25, 0.3) is 5.56 Å². The van der Waals surface area contributed by atoms with E-state index in [1.54, 1.807) is 31.4 Å². The van der Waals surface area contributed by atoms with Crippen LogP contribution in [0.1, 0.15) is 11.1 Å². The highest BCUT2D eigenvalue weighted by molar-refractivity contribution is 5.76. The second kappa shape index (κ2) is 10.7. The third-order valence-corrected chi connectivity index (χ3v) is 5.59. The fraction of sp³-hybridized carbons (Fsp3) is 0.231. The van der Waals surface area contributed by atoms with Crippen molar-refractivity contribution in [2.45, 2.75) is 26.1 Å². The Kier molecular flexibility index (Phi) is 7.25. The molecule has 2 heterocycles. The maximum atomic E-state index is 13.3. The summed E-state index contributed by atoms with van der Waals surface area (Å²) < 4.78 is 18.3. The van der Waals surface area contributed by atoms with Crippen molar-refractivity contribution in [3.63, 3.8) is 0 Å². The molecule has 0 spiro atoms. The molecule has 2 aromatic carbocycles. The average molecular weight is 476 g/mol. The Labute approximate surface area is 201 Å². The van der Waals surface area contributed by atoms with Gasteiger partial charge in [0.05, 0.1) is 19.7 Å². The summed E-state index contributed by atoms with van der Waals surface area (Å²) in [6.07, 6.45) is 1.86. The van der Waals surface area contributed by atoms with Crippen LogP contribution < -0.4 is 20.7 Å². The van der Waals surface area contributed by atoms with Gasteiger partial charge in [0.1, 0.15) is 13.2 Å². The maximum Gasteiger partial charge on any atom is 0.332 e. The first-order valence-electron chi connectivity index (χ1n) is 11.0. The minimum atomic E-state index is -0.604. The normalized spacial score (nSPS) is 10.8. The SMILES string of the molecule is COc1ccc(CCn2c(=O)c3ncccc3n(CC(=O)OCc3ccccc3)c2=O)cc1OC. The zero-order valence-corrected chi connectivity index (χ0v) is 19.5. The molecule has 35 heavy (non-hydrogen) atoms. The summed E-state index contributed by atoms with van der Waals surface area (Å²) >= 11 is 0. The van der Waals surface area contributed by atoms with E-state index in [1.165, 1.54) is 17.9 Å². The van der Waals surface area contributed by atoms with Crippen LogP contribution in [0.4, 0.5) is 0 Å². The Hall–Kier alpha value is -4.40. The van der Waals surface area contributed by atoms with Crippen LogP contribution in [0.25, 0.3) is 11.0 Å². The first-order chi connectivity index (χ1) is 17.0. The van der Waals surface area contributed by atoms with E-state index in [9.17, 15) is 14.4 Å². The number of carbonyl (C=O) groups excluding carboxylic acids is 1. The number of ether oxygens (including phenoxy) is 3. The highest BCUT2D eigenvalue weighted by Gasteiger charge is 2.17. The summed E-state index contributed by atoms with van der Waals surface area (Å²) in [6.45, 7) is -0.160. The summed E-state index contributed by atoms with van der Waals surface area (Å²) in [5.74, 6) is 0.544. The van der Waals surface area contributed by atoms with Gasteiger partial charge in [0.2, 0.25) is 0 Å². The molecule has 0 amide bonds. The molecule has 0 atom stereocenters. The Bertz CT molecular complexity index is 1460. The Morgan fingerprint density at radius 3 is 2.40 bits per heavy atom. The van der Waals surface area contributed by atoms with Crippen molar-refractivity contribution in [2.24, 2.45) is 0 Å². The van der Waals surface area contributed by atoms with Gasteiger partial charge in [-0.05, 0) is 41.8 Å². The van der Waals surface area contributed by atoms with Gasteiger partial charge < -0.3 is 14.2 Å². The highest BCUT2D eigenvalue weighted by atomic mass is 16.5. The molecule has 0 aliphatic rings. The lowest BCUT2D eigenvalue weighted by molar-refractivity contribution is -0.145. The zero-order valence-electron chi connectivity index (χ0n) is 19.5. The molecule has 9 nitrogen and oxygen atoms in total. The van der Waals surface area contributed by atoms with Crippen molar-refractivity contribution in [3.8, 4) is 11.5 Å². The fourth-order valence-electron chi connectivity index (χ4n) is 3.78. The number of hydrogen-bond donors (Lipinski definition) is 0. The van der Waals surface area contributed by atoms with Crippen molar-refractivity contribution in [3.05, 3.63) is 98.8 Å². The van der Waals surface area contributed by atoms with Gasteiger partial charge in [-0.1, -0.05) is 36.4 Å². The molecule has 0 unspecified atom stereocenters. The molecule has 4 rings (SSSR count). The fourth-order valence-corrected chi connectivity index (χ4v) is 3.78. The number of hydrogen-bond acceptors (Lipinski definition) is 7. The highest BCUT2D eigenvalue weighted by Crippen LogP contribution is 2.27. The Balaban J connectivity index is 1.62. The molecular formula is C26H25N3O6. The van der Waals surface area contributed by atoms with Gasteiger partial charge in [0, 0.05) is 12.7 Å². The molecule has 4 aromatic rings. The van der Waals surface area contributed by atoms with Gasteiger partial charge in [-0.15, -0.1) is 0 Å². The molecule has 0 radical (unpaired) electrons. The number of benzene rings is 2. The van der Waals surface area contributed by atoms with Crippen LogP contribution in [-0.2, 0) is 35.6 Å². The molecule has 180 valence electrons. The molecule has 2 aromatic heterocycles. The predicted octanol–water partition coefficient (Wildman–Crippen LogP) is 2.56. The van der Waals surface area contributed by atoms with E-state index < -0.39 is 17.2 Å². The van der Waals surface area contributed by atoms with Gasteiger partial charge in [0.15, 0.2) is 17.0 Å². The van der Waals surface area contributed by atoms with E-state index in [1.807, 2.05) is 36.4 Å². The maximum absolute atomic E-state index is 13.3. The number of rotatable bonds is 9. The molecule has 9 heteroatoms. The van der Waals surface area contributed by atoms with E-state index in [-0.39, 0.29) is 30.7 Å². The lowest BCUT2D eigenvalue weighted by atomic mass is 10.1. The first kappa shape index (κ1) is 23.7. The zero-order chi connectivity index (χ0) is 24.8. The van der Waals surface area contributed by atoms with E-state index in [0.29, 0.717) is 17.9 Å². The van der Waals surface area contributed by atoms with Crippen molar-refractivity contribution < 1.29 is 19.0 Å². The lowest BCUT2D eigenvalue weighted by Gasteiger charge is -2.14.